The average molecular weight is 779 g/mol. The molecular formula is C44H47ClN4O7. The summed E-state index contributed by atoms with van der Waals surface area (Å²) in [5.41, 5.74) is 5.71. The molecule has 1 heterocycles. The van der Waals surface area contributed by atoms with Gasteiger partial charge in [-0.05, 0) is 110 Å². The Morgan fingerprint density at radius 2 is 1.68 bits per heavy atom. The lowest BCUT2D eigenvalue weighted by molar-refractivity contribution is -0.145. The van der Waals surface area contributed by atoms with E-state index in [-0.39, 0.29) is 25.4 Å². The number of fused-ring (bicyclic) bond motifs is 1. The number of rotatable bonds is 16. The highest BCUT2D eigenvalue weighted by atomic mass is 35.5. The number of ether oxygens (including phenoxy) is 3. The normalized spacial score (nSPS) is 16.7. The van der Waals surface area contributed by atoms with E-state index in [1.54, 1.807) is 24.3 Å². The third-order valence-electron chi connectivity index (χ3n) is 10.7. The number of hydrogen-bond donors (Lipinski definition) is 4. The fourth-order valence-electron chi connectivity index (χ4n) is 7.31. The van der Waals surface area contributed by atoms with Gasteiger partial charge in [-0.3, -0.25) is 10.1 Å². The Labute approximate surface area is 332 Å². The molecule has 0 bridgehead atoms. The second-order valence-electron chi connectivity index (χ2n) is 14.7. The van der Waals surface area contributed by atoms with Crippen molar-refractivity contribution >= 4 is 17.6 Å². The SMILES string of the molecule is Cc1c(OCCCN2CCC(O)CC2)cccc1-c1cccc2c1CCC2Oc1cc(OCc2cc(C#N)cc(C#N)c2)c(CNC(C)(CO)C(=O)O)cc1Cl. The number of aliphatic carboxylic acids is 1. The van der Waals surface area contributed by atoms with Gasteiger partial charge in [0, 0.05) is 37.8 Å². The molecule has 292 valence electrons. The Kier molecular flexibility index (Phi) is 13.2. The molecule has 2 unspecified atom stereocenters. The van der Waals surface area contributed by atoms with Gasteiger partial charge in [-0.25, -0.2) is 0 Å². The van der Waals surface area contributed by atoms with Crippen LogP contribution in [0.15, 0.2) is 66.7 Å². The zero-order valence-corrected chi connectivity index (χ0v) is 32.4. The van der Waals surface area contributed by atoms with Gasteiger partial charge in [0.15, 0.2) is 0 Å². The molecule has 4 aromatic rings. The van der Waals surface area contributed by atoms with Crippen molar-refractivity contribution in [2.45, 2.75) is 76.9 Å². The average Bonchev–Trinajstić information content (AvgIpc) is 3.62. The Morgan fingerprint density at radius 3 is 2.38 bits per heavy atom. The molecule has 0 radical (unpaired) electrons. The summed E-state index contributed by atoms with van der Waals surface area (Å²) < 4.78 is 19.2. The first kappa shape index (κ1) is 40.5. The zero-order chi connectivity index (χ0) is 39.8. The van der Waals surface area contributed by atoms with Crippen LogP contribution >= 0.6 is 11.6 Å². The largest absolute Gasteiger partial charge is 0.493 e. The van der Waals surface area contributed by atoms with E-state index in [9.17, 15) is 30.6 Å². The first-order valence-corrected chi connectivity index (χ1v) is 19.3. The molecule has 12 heteroatoms. The van der Waals surface area contributed by atoms with Crippen LogP contribution < -0.4 is 19.5 Å². The minimum Gasteiger partial charge on any atom is -0.493 e. The summed E-state index contributed by atoms with van der Waals surface area (Å²) in [4.78, 5) is 14.3. The van der Waals surface area contributed by atoms with Crippen molar-refractivity contribution in [3.63, 3.8) is 0 Å². The number of nitrogens with zero attached hydrogens (tertiary/aromatic N) is 3. The molecule has 6 rings (SSSR count). The standard InChI is InChI=1S/C44H47ClN4O7/c1-28-34(6-4-9-39(28)54-17-5-14-49-15-12-33(51)13-16-49)35-7-3-8-37-36(35)10-11-40(37)56-42-22-41(55-26-31-19-29(23-46)18-30(20-31)24-47)32(21-38(42)45)25-48-44(2,27-50)43(52)53/h3-4,6-9,18-22,33,40,48,50-51H,5,10-17,25-27H2,1-2H3,(H,52,53). The molecule has 0 aromatic heterocycles. The van der Waals surface area contributed by atoms with E-state index in [2.05, 4.69) is 47.5 Å². The number of aliphatic hydroxyl groups is 2. The highest BCUT2D eigenvalue weighted by Gasteiger charge is 2.33. The lowest BCUT2D eigenvalue weighted by Crippen LogP contribution is -2.52. The highest BCUT2D eigenvalue weighted by molar-refractivity contribution is 6.32. The summed E-state index contributed by atoms with van der Waals surface area (Å²) >= 11 is 6.84. The lowest BCUT2D eigenvalue weighted by atomic mass is 9.93. The van der Waals surface area contributed by atoms with Gasteiger partial charge in [0.2, 0.25) is 0 Å². The number of piperidine rings is 1. The number of nitriles is 2. The number of carboxylic acids is 1. The topological polar surface area (TPSA) is 168 Å². The maximum absolute atomic E-state index is 11.9. The van der Waals surface area contributed by atoms with Crippen LogP contribution in [0.3, 0.4) is 0 Å². The fraction of sp³-hybridized carbons (Fsp3) is 0.386. The van der Waals surface area contributed by atoms with E-state index in [1.807, 2.05) is 18.2 Å². The number of carboxylic acid groups (broad SMARTS) is 1. The Hall–Kier alpha value is -5.14. The molecule has 0 saturated carbocycles. The maximum Gasteiger partial charge on any atom is 0.326 e. The van der Waals surface area contributed by atoms with Crippen molar-refractivity contribution in [2.75, 3.05) is 32.8 Å². The predicted molar refractivity (Wildman–Crippen MR) is 212 cm³/mol. The van der Waals surface area contributed by atoms with Crippen LogP contribution in [0.25, 0.3) is 11.1 Å². The summed E-state index contributed by atoms with van der Waals surface area (Å²) in [6.45, 7) is 6.25. The first-order valence-electron chi connectivity index (χ1n) is 18.9. The Morgan fingerprint density at radius 1 is 0.964 bits per heavy atom. The molecule has 4 N–H and O–H groups in total. The van der Waals surface area contributed by atoms with E-state index in [0.29, 0.717) is 45.4 Å². The van der Waals surface area contributed by atoms with Crippen molar-refractivity contribution in [1.29, 1.82) is 10.5 Å². The monoisotopic (exact) mass is 778 g/mol. The number of benzene rings is 4. The molecule has 2 atom stereocenters. The lowest BCUT2D eigenvalue weighted by Gasteiger charge is -2.29. The van der Waals surface area contributed by atoms with E-state index >= 15 is 0 Å². The van der Waals surface area contributed by atoms with Crippen LogP contribution in [-0.2, 0) is 24.4 Å². The van der Waals surface area contributed by atoms with E-state index in [4.69, 9.17) is 25.8 Å². The Bertz CT molecular complexity index is 2110. The third kappa shape index (κ3) is 9.44. The van der Waals surface area contributed by atoms with Crippen molar-refractivity contribution in [3.05, 3.63) is 111 Å². The molecule has 1 aliphatic heterocycles. The molecule has 0 amide bonds. The minimum atomic E-state index is -1.62. The highest BCUT2D eigenvalue weighted by Crippen LogP contribution is 2.44. The van der Waals surface area contributed by atoms with Crippen molar-refractivity contribution in [2.24, 2.45) is 0 Å². The van der Waals surface area contributed by atoms with E-state index in [1.165, 1.54) is 18.6 Å². The number of hydrogen-bond acceptors (Lipinski definition) is 10. The smallest absolute Gasteiger partial charge is 0.326 e. The molecule has 56 heavy (non-hydrogen) atoms. The molecule has 2 aliphatic rings. The summed E-state index contributed by atoms with van der Waals surface area (Å²) in [5.74, 6) is 0.385. The van der Waals surface area contributed by atoms with Crippen molar-refractivity contribution < 1.29 is 34.3 Å². The molecular weight excluding hydrogens is 732 g/mol. The third-order valence-corrected chi connectivity index (χ3v) is 11.0. The molecule has 11 nitrogen and oxygen atoms in total. The zero-order valence-electron chi connectivity index (χ0n) is 31.7. The minimum absolute atomic E-state index is 0.00157. The summed E-state index contributed by atoms with van der Waals surface area (Å²) in [6.07, 6.45) is 3.60. The summed E-state index contributed by atoms with van der Waals surface area (Å²) in [5, 5.41) is 51.5. The van der Waals surface area contributed by atoms with Crippen LogP contribution in [0.5, 0.6) is 17.2 Å². The van der Waals surface area contributed by atoms with Gasteiger partial charge in [0.1, 0.15) is 35.5 Å². The molecule has 1 fully saturated rings. The van der Waals surface area contributed by atoms with Gasteiger partial charge in [-0.2, -0.15) is 10.5 Å². The molecule has 4 aromatic carbocycles. The van der Waals surface area contributed by atoms with Gasteiger partial charge in [-0.15, -0.1) is 0 Å². The molecule has 1 saturated heterocycles. The molecule has 0 spiro atoms. The first-order chi connectivity index (χ1) is 27.0. The number of likely N-dealkylation sites (tertiary alicyclic amines) is 1. The number of halogens is 1. The van der Waals surface area contributed by atoms with Gasteiger partial charge in [0.05, 0.1) is 47.6 Å². The van der Waals surface area contributed by atoms with Crippen molar-refractivity contribution in [1.82, 2.24) is 10.2 Å². The van der Waals surface area contributed by atoms with Crippen LogP contribution in [0.1, 0.15) is 77.7 Å². The second kappa shape index (κ2) is 18.2. The fourth-order valence-corrected chi connectivity index (χ4v) is 7.54. The quantitative estimate of drug-likeness (QED) is 0.0878. The summed E-state index contributed by atoms with van der Waals surface area (Å²) in [6, 6.07) is 24.6. The van der Waals surface area contributed by atoms with Crippen LogP contribution in [-0.4, -0.2) is 70.7 Å². The van der Waals surface area contributed by atoms with Gasteiger partial charge in [0.25, 0.3) is 0 Å². The van der Waals surface area contributed by atoms with Crippen LogP contribution in [0, 0.1) is 29.6 Å². The molecule has 1 aliphatic carbocycles. The van der Waals surface area contributed by atoms with Crippen LogP contribution in [0.4, 0.5) is 0 Å². The van der Waals surface area contributed by atoms with Gasteiger partial charge >= 0.3 is 5.97 Å². The maximum atomic E-state index is 11.9. The van der Waals surface area contributed by atoms with Gasteiger partial charge < -0.3 is 34.4 Å². The van der Waals surface area contributed by atoms with E-state index in [0.717, 1.165) is 79.7 Å². The number of aliphatic hydroxyl groups excluding tert-OH is 2. The summed E-state index contributed by atoms with van der Waals surface area (Å²) in [7, 11) is 0. The number of nitrogens with one attached hydrogen (secondary N) is 1. The van der Waals surface area contributed by atoms with Crippen LogP contribution in [0.2, 0.25) is 5.02 Å². The van der Waals surface area contributed by atoms with Crippen molar-refractivity contribution in [3.8, 4) is 40.5 Å². The second-order valence-corrected chi connectivity index (χ2v) is 15.1. The Balaban J connectivity index is 1.21. The van der Waals surface area contributed by atoms with E-state index < -0.39 is 18.1 Å². The predicted octanol–water partition coefficient (Wildman–Crippen LogP) is 6.85. The number of carbonyl (C=O) groups is 1. The van der Waals surface area contributed by atoms with Gasteiger partial charge in [-0.1, -0.05) is 41.9 Å².